The summed E-state index contributed by atoms with van der Waals surface area (Å²) in [5, 5.41) is 0. The number of benzene rings is 2. The Morgan fingerprint density at radius 3 is 2.40 bits per heavy atom. The summed E-state index contributed by atoms with van der Waals surface area (Å²) < 4.78 is 17.8. The molecule has 0 saturated heterocycles. The first-order chi connectivity index (χ1) is 9.69. The highest BCUT2D eigenvalue weighted by molar-refractivity contribution is 6.03. The van der Waals surface area contributed by atoms with E-state index >= 15 is 0 Å². The molecule has 0 heterocycles. The van der Waals surface area contributed by atoms with Crippen LogP contribution in [0.3, 0.4) is 0 Å². The predicted octanol–water partition coefficient (Wildman–Crippen LogP) is 3.81. The van der Waals surface area contributed by atoms with Crippen molar-refractivity contribution >= 4 is 17.7 Å². The summed E-state index contributed by atoms with van der Waals surface area (Å²) in [5.74, 6) is 0.307. The number of methoxy groups -OCH3 is 1. The van der Waals surface area contributed by atoms with Gasteiger partial charge in [0.2, 0.25) is 0 Å². The molecule has 0 aliphatic heterocycles. The molecule has 0 atom stereocenters. The summed E-state index contributed by atoms with van der Waals surface area (Å²) >= 11 is 0. The number of halogens is 1. The molecule has 0 aliphatic carbocycles. The van der Waals surface area contributed by atoms with Crippen LogP contribution in [0.25, 0.3) is 0 Å². The lowest BCUT2D eigenvalue weighted by atomic mass is 10.1. The van der Waals surface area contributed by atoms with Gasteiger partial charge in [-0.15, -0.1) is 0 Å². The third kappa shape index (κ3) is 3.75. The van der Waals surface area contributed by atoms with E-state index < -0.39 is 0 Å². The van der Waals surface area contributed by atoms with E-state index in [1.807, 2.05) is 0 Å². The summed E-state index contributed by atoms with van der Waals surface area (Å²) in [5.41, 5.74) is 1.23. The molecule has 20 heavy (non-hydrogen) atoms. The number of ether oxygens (including phenoxy) is 1. The van der Waals surface area contributed by atoms with E-state index in [2.05, 4.69) is 4.99 Å². The van der Waals surface area contributed by atoms with E-state index in [0.29, 0.717) is 5.56 Å². The number of carbonyl (C=O) groups is 1. The highest BCUT2D eigenvalue weighted by Gasteiger charge is 2.03. The minimum absolute atomic E-state index is 0.0951. The number of ketones is 1. The third-order valence-electron chi connectivity index (χ3n) is 2.76. The monoisotopic (exact) mass is 270 g/mol. The van der Waals surface area contributed by atoms with Crippen molar-refractivity contribution in [3.63, 3.8) is 0 Å². The van der Waals surface area contributed by atoms with Crippen LogP contribution in [0.2, 0.25) is 0 Å². The molecule has 3 nitrogen and oxygen atoms in total. The number of rotatable bonds is 5. The van der Waals surface area contributed by atoms with Crippen molar-refractivity contribution in [3.8, 4) is 5.75 Å². The van der Waals surface area contributed by atoms with Crippen LogP contribution in [0.15, 0.2) is 53.5 Å². The molecular weight excluding hydrogens is 256 g/mol. The number of aliphatic imine (C=N–C) groups is 1. The molecule has 0 N–H and O–H groups in total. The van der Waals surface area contributed by atoms with Gasteiger partial charge in [0.15, 0.2) is 5.78 Å². The van der Waals surface area contributed by atoms with Crippen LogP contribution in [0.4, 0.5) is 10.1 Å². The van der Waals surface area contributed by atoms with E-state index in [1.54, 1.807) is 37.6 Å². The molecule has 0 unspecified atom stereocenters. The zero-order chi connectivity index (χ0) is 14.4. The van der Waals surface area contributed by atoms with Gasteiger partial charge < -0.3 is 4.74 Å². The van der Waals surface area contributed by atoms with Crippen LogP contribution >= 0.6 is 0 Å². The first kappa shape index (κ1) is 13.9. The van der Waals surface area contributed by atoms with Crippen LogP contribution in [0.1, 0.15) is 16.8 Å². The maximum atomic E-state index is 12.7. The molecule has 0 radical (unpaired) electrons. The molecule has 0 fully saturated rings. The van der Waals surface area contributed by atoms with Crippen molar-refractivity contribution in [2.24, 2.45) is 4.99 Å². The van der Waals surface area contributed by atoms with Crippen molar-refractivity contribution in [2.45, 2.75) is 6.42 Å². The Labute approximate surface area is 116 Å². The lowest BCUT2D eigenvalue weighted by Crippen LogP contribution is -1.99. The normalized spacial score (nSPS) is 10.7. The minimum Gasteiger partial charge on any atom is -0.497 e. The van der Waals surface area contributed by atoms with Crippen molar-refractivity contribution in [1.29, 1.82) is 0 Å². The topological polar surface area (TPSA) is 38.7 Å². The number of hydrogen-bond acceptors (Lipinski definition) is 3. The lowest BCUT2D eigenvalue weighted by molar-refractivity contribution is 0.100. The number of carbonyl (C=O) groups excluding carboxylic acids is 1. The Morgan fingerprint density at radius 2 is 1.80 bits per heavy atom. The van der Waals surface area contributed by atoms with Crippen LogP contribution in [-0.4, -0.2) is 19.1 Å². The van der Waals surface area contributed by atoms with E-state index in [1.165, 1.54) is 24.3 Å². The molecule has 2 aromatic rings. The summed E-state index contributed by atoms with van der Waals surface area (Å²) in [6.45, 7) is 0. The Bertz CT molecular complexity index is 603. The molecule has 2 aromatic carbocycles. The SMILES string of the molecule is COc1ccc(N=CCC(=O)c2ccc([18F])cc2)cc1. The lowest BCUT2D eigenvalue weighted by Gasteiger charge is -1.99. The Hall–Kier alpha value is -2.49. The van der Waals surface area contributed by atoms with E-state index in [4.69, 9.17) is 4.74 Å². The maximum absolute atomic E-state index is 12.7. The van der Waals surface area contributed by atoms with Crippen LogP contribution < -0.4 is 4.74 Å². The second-order valence-electron chi connectivity index (χ2n) is 4.14. The second kappa shape index (κ2) is 6.61. The van der Waals surface area contributed by atoms with Gasteiger partial charge in [-0.25, -0.2) is 4.39 Å². The summed E-state index contributed by atoms with van der Waals surface area (Å²) in [4.78, 5) is 16.0. The van der Waals surface area contributed by atoms with Gasteiger partial charge in [-0.3, -0.25) is 9.79 Å². The van der Waals surface area contributed by atoms with Crippen LogP contribution in [0, 0.1) is 5.82 Å². The minimum atomic E-state index is -0.353. The molecule has 0 amide bonds. The summed E-state index contributed by atoms with van der Waals surface area (Å²) in [6.07, 6.45) is 1.73. The number of Topliss-reactive ketones (excluding diaryl/α,β-unsaturated/α-hetero) is 1. The fourth-order valence-corrected chi connectivity index (χ4v) is 1.66. The molecule has 2 rings (SSSR count). The van der Waals surface area contributed by atoms with Crippen molar-refractivity contribution in [1.82, 2.24) is 0 Å². The first-order valence-electron chi connectivity index (χ1n) is 6.14. The van der Waals surface area contributed by atoms with Gasteiger partial charge in [0.05, 0.1) is 12.8 Å². The predicted molar refractivity (Wildman–Crippen MR) is 76.5 cm³/mol. The molecule has 0 spiro atoms. The van der Waals surface area contributed by atoms with Gasteiger partial charge in [-0.2, -0.15) is 0 Å². The summed E-state index contributed by atoms with van der Waals surface area (Å²) in [6, 6.07) is 12.7. The molecule has 0 aromatic heterocycles. The standard InChI is InChI=1S/C16H14FNO2/c1-20-15-8-6-14(7-9-15)18-11-10-16(19)12-2-4-13(17)5-3-12/h2-9,11H,10H2,1H3/i17-1. The van der Waals surface area contributed by atoms with Crippen molar-refractivity contribution in [2.75, 3.05) is 7.11 Å². The first-order valence-corrected chi connectivity index (χ1v) is 6.14. The maximum Gasteiger partial charge on any atom is 0.168 e. The molecule has 0 bridgehead atoms. The summed E-state index contributed by atoms with van der Waals surface area (Å²) in [7, 11) is 1.60. The highest BCUT2D eigenvalue weighted by atomic mass is 18.2. The van der Waals surface area contributed by atoms with E-state index in [-0.39, 0.29) is 18.0 Å². The zero-order valence-electron chi connectivity index (χ0n) is 11.0. The number of hydrogen-bond donors (Lipinski definition) is 0. The van der Waals surface area contributed by atoms with Gasteiger partial charge in [-0.05, 0) is 48.5 Å². The highest BCUT2D eigenvalue weighted by Crippen LogP contribution is 2.17. The molecular formula is C16H14FNO2. The molecule has 0 aliphatic rings. The fourth-order valence-electron chi connectivity index (χ4n) is 1.66. The average Bonchev–Trinajstić information content (AvgIpc) is 2.48. The second-order valence-corrected chi connectivity index (χ2v) is 4.14. The Kier molecular flexibility index (Phi) is 4.60. The fraction of sp³-hybridized carbons (Fsp3) is 0.125. The van der Waals surface area contributed by atoms with Crippen LogP contribution in [0.5, 0.6) is 5.75 Å². The van der Waals surface area contributed by atoms with Gasteiger partial charge in [-0.1, -0.05) is 0 Å². The third-order valence-corrected chi connectivity index (χ3v) is 2.76. The van der Waals surface area contributed by atoms with Gasteiger partial charge >= 0.3 is 0 Å². The van der Waals surface area contributed by atoms with E-state index in [0.717, 1.165) is 11.4 Å². The molecule has 4 heteroatoms. The molecule has 0 saturated carbocycles. The van der Waals surface area contributed by atoms with Gasteiger partial charge in [0.25, 0.3) is 0 Å². The Balaban J connectivity index is 1.95. The average molecular weight is 270 g/mol. The zero-order valence-corrected chi connectivity index (χ0v) is 11.0. The van der Waals surface area contributed by atoms with Crippen LogP contribution in [-0.2, 0) is 0 Å². The number of nitrogens with zero attached hydrogens (tertiary/aromatic N) is 1. The van der Waals surface area contributed by atoms with E-state index in [9.17, 15) is 9.18 Å². The smallest absolute Gasteiger partial charge is 0.168 e. The van der Waals surface area contributed by atoms with Crippen molar-refractivity contribution in [3.05, 3.63) is 59.9 Å². The Morgan fingerprint density at radius 1 is 1.15 bits per heavy atom. The largest absolute Gasteiger partial charge is 0.497 e. The quantitative estimate of drug-likeness (QED) is 0.612. The van der Waals surface area contributed by atoms with Gasteiger partial charge in [0, 0.05) is 18.2 Å². The van der Waals surface area contributed by atoms with Gasteiger partial charge in [0.1, 0.15) is 11.6 Å². The van der Waals surface area contributed by atoms with Crippen molar-refractivity contribution < 1.29 is 13.9 Å². The molecule has 102 valence electrons.